The van der Waals surface area contributed by atoms with E-state index >= 15 is 0 Å². The van der Waals surface area contributed by atoms with Gasteiger partial charge in [-0.2, -0.15) is 4.31 Å². The van der Waals surface area contributed by atoms with E-state index in [1.807, 2.05) is 13.8 Å². The summed E-state index contributed by atoms with van der Waals surface area (Å²) in [5.74, 6) is 0.703. The fraction of sp³-hybridized carbons (Fsp3) is 0.400. The van der Waals surface area contributed by atoms with E-state index in [2.05, 4.69) is 0 Å². The van der Waals surface area contributed by atoms with Crippen LogP contribution in [0.25, 0.3) is 0 Å². The Labute approximate surface area is 176 Å². The molecule has 1 saturated heterocycles. The van der Waals surface area contributed by atoms with Crippen molar-refractivity contribution in [2.24, 2.45) is 0 Å². The Bertz CT molecular complexity index is 929. The molecular weight excluding hydrogens is 421 g/mol. The summed E-state index contributed by atoms with van der Waals surface area (Å²) in [5.41, 5.74) is 1.55. The molecule has 0 radical (unpaired) electrons. The number of hydrogen-bond donors (Lipinski definition) is 0. The highest BCUT2D eigenvalue weighted by molar-refractivity contribution is 7.89. The molecule has 1 fully saturated rings. The molecule has 1 aliphatic heterocycles. The lowest BCUT2D eigenvalue weighted by Gasteiger charge is -2.32. The molecule has 0 N–H and O–H groups in total. The van der Waals surface area contributed by atoms with Crippen molar-refractivity contribution >= 4 is 33.2 Å². The lowest BCUT2D eigenvalue weighted by atomic mass is 10.1. The second-order valence-corrected chi connectivity index (χ2v) is 9.51. The molecule has 5 nitrogen and oxygen atoms in total. The maximum atomic E-state index is 13.2. The summed E-state index contributed by atoms with van der Waals surface area (Å²) < 4.78 is 39.2. The number of morpholine rings is 1. The van der Waals surface area contributed by atoms with Gasteiger partial charge in [-0.25, -0.2) is 8.42 Å². The van der Waals surface area contributed by atoms with Crippen LogP contribution in [-0.2, 0) is 14.8 Å². The van der Waals surface area contributed by atoms with E-state index in [4.69, 9.17) is 32.7 Å². The first kappa shape index (κ1) is 21.4. The monoisotopic (exact) mass is 443 g/mol. The Kier molecular flexibility index (Phi) is 6.89. The quantitative estimate of drug-likeness (QED) is 0.639. The Morgan fingerprint density at radius 2 is 1.89 bits per heavy atom. The maximum absolute atomic E-state index is 13.2. The van der Waals surface area contributed by atoms with Crippen LogP contribution in [0, 0.1) is 6.92 Å². The molecule has 0 amide bonds. The SMILES string of the molecule is CCCOc1ccc(S(=O)(=O)N2CCOC(c3cc(Cl)cc(Cl)c3)C2)cc1C. The van der Waals surface area contributed by atoms with Crippen LogP contribution in [-0.4, -0.2) is 39.0 Å². The van der Waals surface area contributed by atoms with E-state index in [1.54, 1.807) is 36.4 Å². The van der Waals surface area contributed by atoms with Crippen LogP contribution >= 0.6 is 23.2 Å². The van der Waals surface area contributed by atoms with Crippen molar-refractivity contribution in [1.82, 2.24) is 4.31 Å². The predicted octanol–water partition coefficient (Wildman–Crippen LogP) is 4.85. The van der Waals surface area contributed by atoms with Crippen LogP contribution in [0.5, 0.6) is 5.75 Å². The summed E-state index contributed by atoms with van der Waals surface area (Å²) in [5, 5.41) is 0.980. The van der Waals surface area contributed by atoms with Gasteiger partial charge in [-0.3, -0.25) is 0 Å². The summed E-state index contributed by atoms with van der Waals surface area (Å²) in [6.07, 6.45) is 0.468. The predicted molar refractivity (Wildman–Crippen MR) is 111 cm³/mol. The molecule has 0 aliphatic carbocycles. The number of nitrogens with zero attached hydrogens (tertiary/aromatic N) is 1. The number of rotatable bonds is 6. The zero-order chi connectivity index (χ0) is 20.3. The second kappa shape index (κ2) is 9.01. The van der Waals surface area contributed by atoms with Gasteiger partial charge >= 0.3 is 0 Å². The van der Waals surface area contributed by atoms with Crippen LogP contribution in [0.2, 0.25) is 10.0 Å². The van der Waals surface area contributed by atoms with E-state index in [0.29, 0.717) is 35.6 Å². The highest BCUT2D eigenvalue weighted by atomic mass is 35.5. The molecule has 8 heteroatoms. The summed E-state index contributed by atoms with van der Waals surface area (Å²) in [4.78, 5) is 0.249. The molecular formula is C20H23Cl2NO4S. The molecule has 2 aromatic rings. The second-order valence-electron chi connectivity index (χ2n) is 6.70. The van der Waals surface area contributed by atoms with E-state index < -0.39 is 16.1 Å². The zero-order valence-electron chi connectivity index (χ0n) is 15.8. The molecule has 3 rings (SSSR count). The normalized spacial score (nSPS) is 18.2. The fourth-order valence-corrected chi connectivity index (χ4v) is 5.17. The number of benzene rings is 2. The van der Waals surface area contributed by atoms with Crippen molar-refractivity contribution in [2.75, 3.05) is 26.3 Å². The summed E-state index contributed by atoms with van der Waals surface area (Å²) in [7, 11) is -3.65. The average molecular weight is 444 g/mol. The van der Waals surface area contributed by atoms with E-state index in [1.165, 1.54) is 4.31 Å². The van der Waals surface area contributed by atoms with Gasteiger partial charge in [0.25, 0.3) is 0 Å². The molecule has 0 spiro atoms. The van der Waals surface area contributed by atoms with Crippen LogP contribution in [0.4, 0.5) is 0 Å². The van der Waals surface area contributed by atoms with Crippen LogP contribution in [0.1, 0.15) is 30.6 Å². The Balaban J connectivity index is 1.82. The first-order chi connectivity index (χ1) is 13.3. The number of ether oxygens (including phenoxy) is 2. The van der Waals surface area contributed by atoms with Gasteiger partial charge in [-0.1, -0.05) is 30.1 Å². The van der Waals surface area contributed by atoms with Gasteiger partial charge in [-0.05, 0) is 60.9 Å². The van der Waals surface area contributed by atoms with Gasteiger partial charge in [0.1, 0.15) is 5.75 Å². The molecule has 0 bridgehead atoms. The Hall–Kier alpha value is -1.31. The van der Waals surface area contributed by atoms with Crippen LogP contribution in [0.3, 0.4) is 0 Å². The number of aryl methyl sites for hydroxylation is 1. The summed E-state index contributed by atoms with van der Waals surface area (Å²) in [6, 6.07) is 10.1. The number of sulfonamides is 1. The highest BCUT2D eigenvalue weighted by Crippen LogP contribution is 2.31. The molecule has 1 heterocycles. The van der Waals surface area contributed by atoms with E-state index in [0.717, 1.165) is 17.5 Å². The third kappa shape index (κ3) is 4.81. The molecule has 0 aromatic heterocycles. The third-order valence-electron chi connectivity index (χ3n) is 4.53. The van der Waals surface area contributed by atoms with Gasteiger partial charge in [0.05, 0.1) is 24.2 Å². The van der Waals surface area contributed by atoms with Gasteiger partial charge in [0, 0.05) is 23.1 Å². The Morgan fingerprint density at radius 1 is 1.18 bits per heavy atom. The molecule has 1 aliphatic rings. The van der Waals surface area contributed by atoms with Crippen molar-refractivity contribution in [3.05, 3.63) is 57.6 Å². The van der Waals surface area contributed by atoms with Gasteiger partial charge in [-0.15, -0.1) is 0 Å². The minimum atomic E-state index is -3.65. The van der Waals surface area contributed by atoms with Crippen molar-refractivity contribution in [1.29, 1.82) is 0 Å². The third-order valence-corrected chi connectivity index (χ3v) is 6.83. The van der Waals surface area contributed by atoms with Gasteiger partial charge in [0.15, 0.2) is 0 Å². The van der Waals surface area contributed by atoms with Crippen LogP contribution < -0.4 is 4.74 Å². The molecule has 1 unspecified atom stereocenters. The molecule has 0 saturated carbocycles. The minimum Gasteiger partial charge on any atom is -0.493 e. The highest BCUT2D eigenvalue weighted by Gasteiger charge is 2.32. The smallest absolute Gasteiger partial charge is 0.243 e. The van der Waals surface area contributed by atoms with Crippen molar-refractivity contribution in [3.8, 4) is 5.75 Å². The average Bonchev–Trinajstić information content (AvgIpc) is 2.66. The lowest BCUT2D eigenvalue weighted by molar-refractivity contribution is -0.00254. The fourth-order valence-electron chi connectivity index (χ4n) is 3.11. The largest absolute Gasteiger partial charge is 0.493 e. The zero-order valence-corrected chi connectivity index (χ0v) is 18.1. The molecule has 28 heavy (non-hydrogen) atoms. The number of halogens is 2. The first-order valence-corrected chi connectivity index (χ1v) is 11.3. The molecule has 152 valence electrons. The summed E-state index contributed by atoms with van der Waals surface area (Å²) >= 11 is 12.2. The van der Waals surface area contributed by atoms with E-state index in [-0.39, 0.29) is 11.4 Å². The summed E-state index contributed by atoms with van der Waals surface area (Å²) in [6.45, 7) is 5.26. The topological polar surface area (TPSA) is 55.8 Å². The lowest BCUT2D eigenvalue weighted by Crippen LogP contribution is -2.42. The van der Waals surface area contributed by atoms with Crippen molar-refractivity contribution in [2.45, 2.75) is 31.3 Å². The van der Waals surface area contributed by atoms with Crippen molar-refractivity contribution in [3.63, 3.8) is 0 Å². The minimum absolute atomic E-state index is 0.201. The van der Waals surface area contributed by atoms with Crippen molar-refractivity contribution < 1.29 is 17.9 Å². The Morgan fingerprint density at radius 3 is 2.54 bits per heavy atom. The van der Waals surface area contributed by atoms with Crippen LogP contribution in [0.15, 0.2) is 41.3 Å². The molecule has 2 aromatic carbocycles. The maximum Gasteiger partial charge on any atom is 0.243 e. The van der Waals surface area contributed by atoms with E-state index in [9.17, 15) is 8.42 Å². The number of hydrogen-bond acceptors (Lipinski definition) is 4. The first-order valence-electron chi connectivity index (χ1n) is 9.12. The standard InChI is InChI=1S/C20H23Cl2NO4S/c1-3-7-26-19-5-4-18(9-14(19)2)28(24,25)23-6-8-27-20(13-23)15-10-16(21)12-17(22)11-15/h4-5,9-12,20H,3,6-8,13H2,1-2H3. The van der Waals surface area contributed by atoms with Gasteiger partial charge in [0.2, 0.25) is 10.0 Å². The van der Waals surface area contributed by atoms with Gasteiger partial charge < -0.3 is 9.47 Å². The molecule has 1 atom stereocenters.